The van der Waals surface area contributed by atoms with Gasteiger partial charge in [-0.05, 0) is 29.3 Å². The van der Waals surface area contributed by atoms with Crippen LogP contribution in [0.5, 0.6) is 0 Å². The SMILES string of the molecule is CC1OCCC1Sc1nc(N)cc(Br)n1. The number of rotatable bonds is 2. The first-order valence-corrected chi connectivity index (χ1v) is 6.41. The number of nitrogen functional groups attached to an aromatic ring is 1. The van der Waals surface area contributed by atoms with Gasteiger partial charge in [0.15, 0.2) is 5.16 Å². The summed E-state index contributed by atoms with van der Waals surface area (Å²) in [6.45, 7) is 2.90. The van der Waals surface area contributed by atoms with Crippen LogP contribution in [0.4, 0.5) is 5.82 Å². The molecule has 15 heavy (non-hydrogen) atoms. The van der Waals surface area contributed by atoms with Gasteiger partial charge >= 0.3 is 0 Å². The highest BCUT2D eigenvalue weighted by molar-refractivity contribution is 9.10. The number of halogens is 1. The molecule has 6 heteroatoms. The predicted octanol–water partition coefficient (Wildman–Crippen LogP) is 2.09. The fourth-order valence-corrected chi connectivity index (χ4v) is 3.05. The molecule has 1 aromatic heterocycles. The third kappa shape index (κ3) is 2.83. The van der Waals surface area contributed by atoms with Crippen molar-refractivity contribution in [3.05, 3.63) is 10.7 Å². The first-order valence-electron chi connectivity index (χ1n) is 4.73. The molecule has 0 saturated carbocycles. The second-order valence-electron chi connectivity index (χ2n) is 3.42. The van der Waals surface area contributed by atoms with Crippen molar-refractivity contribution in [2.75, 3.05) is 12.3 Å². The molecule has 1 saturated heterocycles. The molecule has 0 aromatic carbocycles. The summed E-state index contributed by atoms with van der Waals surface area (Å²) in [4.78, 5) is 8.44. The first-order chi connectivity index (χ1) is 7.15. The van der Waals surface area contributed by atoms with Gasteiger partial charge in [0, 0.05) is 17.9 Å². The van der Waals surface area contributed by atoms with Crippen molar-refractivity contribution >= 4 is 33.5 Å². The van der Waals surface area contributed by atoms with Crippen LogP contribution in [0.15, 0.2) is 15.8 Å². The molecule has 4 nitrogen and oxygen atoms in total. The largest absolute Gasteiger partial charge is 0.384 e. The van der Waals surface area contributed by atoms with E-state index >= 15 is 0 Å². The third-order valence-corrected chi connectivity index (χ3v) is 3.98. The molecule has 82 valence electrons. The Morgan fingerprint density at radius 1 is 1.60 bits per heavy atom. The molecular weight excluding hydrogens is 278 g/mol. The lowest BCUT2D eigenvalue weighted by Crippen LogP contribution is -2.13. The van der Waals surface area contributed by atoms with Crippen molar-refractivity contribution in [1.29, 1.82) is 0 Å². The fraction of sp³-hybridized carbons (Fsp3) is 0.556. The molecule has 1 aliphatic rings. The van der Waals surface area contributed by atoms with Crippen LogP contribution >= 0.6 is 27.7 Å². The van der Waals surface area contributed by atoms with Crippen LogP contribution in [0.2, 0.25) is 0 Å². The summed E-state index contributed by atoms with van der Waals surface area (Å²) < 4.78 is 6.20. The summed E-state index contributed by atoms with van der Waals surface area (Å²) >= 11 is 4.93. The molecule has 1 aliphatic heterocycles. The van der Waals surface area contributed by atoms with E-state index in [-0.39, 0.29) is 6.10 Å². The van der Waals surface area contributed by atoms with E-state index in [1.165, 1.54) is 0 Å². The normalized spacial score (nSPS) is 25.7. The number of hydrogen-bond acceptors (Lipinski definition) is 5. The summed E-state index contributed by atoms with van der Waals surface area (Å²) in [5, 5.41) is 1.14. The van der Waals surface area contributed by atoms with Gasteiger partial charge < -0.3 is 10.5 Å². The van der Waals surface area contributed by atoms with E-state index in [0.717, 1.165) is 17.6 Å². The van der Waals surface area contributed by atoms with E-state index in [0.29, 0.717) is 16.2 Å². The van der Waals surface area contributed by atoms with E-state index in [1.54, 1.807) is 17.8 Å². The van der Waals surface area contributed by atoms with Gasteiger partial charge in [-0.3, -0.25) is 0 Å². The van der Waals surface area contributed by atoms with Crippen molar-refractivity contribution in [1.82, 2.24) is 9.97 Å². The van der Waals surface area contributed by atoms with E-state index in [1.807, 2.05) is 0 Å². The Kier molecular flexibility index (Phi) is 3.48. The quantitative estimate of drug-likeness (QED) is 0.667. The molecule has 0 radical (unpaired) electrons. The lowest BCUT2D eigenvalue weighted by atomic mass is 10.3. The minimum Gasteiger partial charge on any atom is -0.384 e. The Morgan fingerprint density at radius 2 is 2.40 bits per heavy atom. The van der Waals surface area contributed by atoms with Crippen molar-refractivity contribution in [3.8, 4) is 0 Å². The number of hydrogen-bond donors (Lipinski definition) is 1. The molecule has 1 aromatic rings. The van der Waals surface area contributed by atoms with Crippen LogP contribution in [0, 0.1) is 0 Å². The predicted molar refractivity (Wildman–Crippen MR) is 63.8 cm³/mol. The molecule has 0 aliphatic carbocycles. The second kappa shape index (κ2) is 4.67. The molecule has 0 amide bonds. The Hall–Kier alpha value is -0.330. The lowest BCUT2D eigenvalue weighted by molar-refractivity contribution is 0.127. The molecule has 2 rings (SSSR count). The van der Waals surface area contributed by atoms with E-state index < -0.39 is 0 Å². The van der Waals surface area contributed by atoms with Gasteiger partial charge in [-0.1, -0.05) is 11.8 Å². The maximum absolute atomic E-state index is 5.64. The van der Waals surface area contributed by atoms with Gasteiger partial charge in [0.25, 0.3) is 0 Å². The maximum atomic E-state index is 5.64. The molecule has 2 atom stereocenters. The standard InChI is InChI=1S/C9H12BrN3OS/c1-5-6(2-3-14-5)15-9-12-7(10)4-8(11)13-9/h4-6H,2-3H2,1H3,(H2,11,12,13). The minimum absolute atomic E-state index is 0.263. The number of nitrogens with zero attached hydrogens (tertiary/aromatic N) is 2. The summed E-state index contributed by atoms with van der Waals surface area (Å²) in [7, 11) is 0. The highest BCUT2D eigenvalue weighted by atomic mass is 79.9. The molecule has 2 heterocycles. The van der Waals surface area contributed by atoms with Gasteiger partial charge in [-0.15, -0.1) is 0 Å². The summed E-state index contributed by atoms with van der Waals surface area (Å²) in [6.07, 6.45) is 1.31. The van der Waals surface area contributed by atoms with Crippen molar-refractivity contribution in [2.24, 2.45) is 0 Å². The Morgan fingerprint density at radius 3 is 3.00 bits per heavy atom. The zero-order valence-corrected chi connectivity index (χ0v) is 10.7. The number of aromatic nitrogens is 2. The zero-order chi connectivity index (χ0) is 10.8. The average molecular weight is 290 g/mol. The number of ether oxygens (including phenoxy) is 1. The van der Waals surface area contributed by atoms with Gasteiger partial charge in [-0.2, -0.15) is 0 Å². The van der Waals surface area contributed by atoms with Crippen molar-refractivity contribution in [3.63, 3.8) is 0 Å². The van der Waals surface area contributed by atoms with Gasteiger partial charge in [-0.25, -0.2) is 9.97 Å². The number of thioether (sulfide) groups is 1. The monoisotopic (exact) mass is 289 g/mol. The molecule has 0 bridgehead atoms. The van der Waals surface area contributed by atoms with E-state index in [2.05, 4.69) is 32.8 Å². The molecule has 2 unspecified atom stereocenters. The maximum Gasteiger partial charge on any atom is 0.190 e. The zero-order valence-electron chi connectivity index (χ0n) is 8.31. The van der Waals surface area contributed by atoms with Crippen LogP contribution in [0.3, 0.4) is 0 Å². The van der Waals surface area contributed by atoms with Gasteiger partial charge in [0.1, 0.15) is 10.4 Å². The van der Waals surface area contributed by atoms with Crippen LogP contribution in [-0.2, 0) is 4.74 Å². The third-order valence-electron chi connectivity index (χ3n) is 2.26. The van der Waals surface area contributed by atoms with Crippen molar-refractivity contribution in [2.45, 2.75) is 29.9 Å². The first kappa shape index (κ1) is 11.2. The lowest BCUT2D eigenvalue weighted by Gasteiger charge is -2.12. The Balaban J connectivity index is 2.10. The molecule has 0 spiro atoms. The van der Waals surface area contributed by atoms with E-state index in [4.69, 9.17) is 10.5 Å². The number of nitrogens with two attached hydrogens (primary N) is 1. The molecule has 1 fully saturated rings. The summed E-state index contributed by atoms with van der Waals surface area (Å²) in [5.41, 5.74) is 5.64. The summed E-state index contributed by atoms with van der Waals surface area (Å²) in [5.74, 6) is 0.492. The number of anilines is 1. The minimum atomic E-state index is 0.263. The summed E-state index contributed by atoms with van der Waals surface area (Å²) in [6, 6.07) is 1.69. The van der Waals surface area contributed by atoms with Crippen LogP contribution < -0.4 is 5.73 Å². The fourth-order valence-electron chi connectivity index (χ4n) is 1.47. The van der Waals surface area contributed by atoms with E-state index in [9.17, 15) is 0 Å². The average Bonchev–Trinajstić information content (AvgIpc) is 2.50. The van der Waals surface area contributed by atoms with Gasteiger partial charge in [0.2, 0.25) is 0 Å². The molecular formula is C9H12BrN3OS. The smallest absolute Gasteiger partial charge is 0.190 e. The van der Waals surface area contributed by atoms with Crippen LogP contribution in [0.25, 0.3) is 0 Å². The van der Waals surface area contributed by atoms with Gasteiger partial charge in [0.05, 0.1) is 6.10 Å². The van der Waals surface area contributed by atoms with Crippen molar-refractivity contribution < 1.29 is 4.74 Å². The topological polar surface area (TPSA) is 61.0 Å². The Bertz CT molecular complexity index is 343. The van der Waals surface area contributed by atoms with Crippen LogP contribution in [-0.4, -0.2) is 27.9 Å². The Labute approximate surface area is 101 Å². The molecule has 2 N–H and O–H groups in total. The highest BCUT2D eigenvalue weighted by Gasteiger charge is 2.26. The highest BCUT2D eigenvalue weighted by Crippen LogP contribution is 2.31. The second-order valence-corrected chi connectivity index (χ2v) is 5.44. The van der Waals surface area contributed by atoms with Crippen LogP contribution in [0.1, 0.15) is 13.3 Å².